The lowest BCUT2D eigenvalue weighted by Gasteiger charge is -2.05. The standard InChI is InChI=1S/C23H18N4O/c1-15(28)17-6-4-7-18(13-17)21-12-10-19(14-25-21)26-27-22-11-9-16-5-2-3-8-20(16)23(22)24/h2-14H,24H2,1H3. The molecule has 0 amide bonds. The normalized spacial score (nSPS) is 11.2. The summed E-state index contributed by atoms with van der Waals surface area (Å²) >= 11 is 0. The van der Waals surface area contributed by atoms with E-state index in [4.69, 9.17) is 5.73 Å². The number of rotatable bonds is 4. The minimum atomic E-state index is 0.0280. The van der Waals surface area contributed by atoms with Gasteiger partial charge in [0.1, 0.15) is 11.4 Å². The fourth-order valence-electron chi connectivity index (χ4n) is 3.00. The van der Waals surface area contributed by atoms with Crippen LogP contribution in [0.1, 0.15) is 17.3 Å². The largest absolute Gasteiger partial charge is 0.396 e. The van der Waals surface area contributed by atoms with Gasteiger partial charge in [-0.3, -0.25) is 9.78 Å². The number of carbonyl (C=O) groups is 1. The Morgan fingerprint density at radius 3 is 2.57 bits per heavy atom. The number of ketones is 1. The Balaban J connectivity index is 1.59. The highest BCUT2D eigenvalue weighted by Crippen LogP contribution is 2.32. The quantitative estimate of drug-likeness (QED) is 0.269. The van der Waals surface area contributed by atoms with Crippen LogP contribution < -0.4 is 5.73 Å². The van der Waals surface area contributed by atoms with Crippen LogP contribution in [0.2, 0.25) is 0 Å². The zero-order chi connectivity index (χ0) is 19.5. The Morgan fingerprint density at radius 1 is 0.929 bits per heavy atom. The molecule has 2 N–H and O–H groups in total. The van der Waals surface area contributed by atoms with E-state index in [1.165, 1.54) is 0 Å². The van der Waals surface area contributed by atoms with Gasteiger partial charge in [0, 0.05) is 16.5 Å². The van der Waals surface area contributed by atoms with Crippen LogP contribution in [0.15, 0.2) is 89.2 Å². The summed E-state index contributed by atoms with van der Waals surface area (Å²) in [5, 5.41) is 10.6. The summed E-state index contributed by atoms with van der Waals surface area (Å²) in [6.45, 7) is 1.55. The Labute approximate surface area is 162 Å². The maximum absolute atomic E-state index is 11.6. The first-order valence-corrected chi connectivity index (χ1v) is 8.88. The first-order chi connectivity index (χ1) is 13.6. The molecule has 4 aromatic rings. The van der Waals surface area contributed by atoms with Crippen LogP contribution in [0.25, 0.3) is 22.0 Å². The molecule has 0 aliphatic heterocycles. The number of aromatic nitrogens is 1. The molecule has 136 valence electrons. The fraction of sp³-hybridized carbons (Fsp3) is 0.0435. The second-order valence-electron chi connectivity index (χ2n) is 6.46. The molecule has 0 unspecified atom stereocenters. The van der Waals surface area contributed by atoms with Crippen LogP contribution in [0.3, 0.4) is 0 Å². The summed E-state index contributed by atoms with van der Waals surface area (Å²) in [5.74, 6) is 0.0280. The van der Waals surface area contributed by atoms with Gasteiger partial charge in [0.15, 0.2) is 5.78 Å². The van der Waals surface area contributed by atoms with Gasteiger partial charge in [0.25, 0.3) is 0 Å². The smallest absolute Gasteiger partial charge is 0.159 e. The van der Waals surface area contributed by atoms with Crippen molar-refractivity contribution in [2.75, 3.05) is 5.73 Å². The van der Waals surface area contributed by atoms with Crippen LogP contribution in [0.5, 0.6) is 0 Å². The van der Waals surface area contributed by atoms with Crippen LogP contribution >= 0.6 is 0 Å². The molecule has 0 saturated heterocycles. The third-order valence-corrected chi connectivity index (χ3v) is 4.53. The summed E-state index contributed by atoms with van der Waals surface area (Å²) < 4.78 is 0. The zero-order valence-electron chi connectivity index (χ0n) is 15.3. The molecule has 1 aromatic heterocycles. The number of nitrogens with two attached hydrogens (primary N) is 1. The molecule has 0 fully saturated rings. The Morgan fingerprint density at radius 2 is 1.79 bits per heavy atom. The third-order valence-electron chi connectivity index (χ3n) is 4.53. The maximum atomic E-state index is 11.6. The second-order valence-corrected chi connectivity index (χ2v) is 6.46. The molecule has 0 atom stereocenters. The summed E-state index contributed by atoms with van der Waals surface area (Å²) in [6, 6.07) is 22.8. The number of azo groups is 1. The Hall–Kier alpha value is -3.86. The highest BCUT2D eigenvalue weighted by Gasteiger charge is 2.05. The molecule has 1 heterocycles. The topological polar surface area (TPSA) is 80.7 Å². The summed E-state index contributed by atoms with van der Waals surface area (Å²) in [4.78, 5) is 16.0. The van der Waals surface area contributed by atoms with E-state index in [1.54, 1.807) is 19.2 Å². The number of Topliss-reactive ketones (excluding diaryl/α,β-unsaturated/α-hetero) is 1. The molecular formula is C23H18N4O. The van der Waals surface area contributed by atoms with E-state index in [0.717, 1.165) is 22.0 Å². The van der Waals surface area contributed by atoms with Gasteiger partial charge in [-0.15, -0.1) is 10.2 Å². The third kappa shape index (κ3) is 3.50. The second kappa shape index (κ2) is 7.40. The summed E-state index contributed by atoms with van der Waals surface area (Å²) in [5.41, 5.74) is 10.4. The number of carbonyl (C=O) groups excluding carboxylic acids is 1. The monoisotopic (exact) mass is 366 g/mol. The van der Waals surface area contributed by atoms with E-state index >= 15 is 0 Å². The van der Waals surface area contributed by atoms with E-state index in [0.29, 0.717) is 22.6 Å². The molecule has 3 aromatic carbocycles. The predicted octanol–water partition coefficient (Wildman–Crippen LogP) is 6.10. The molecule has 0 spiro atoms. The molecule has 0 bridgehead atoms. The number of hydrogen-bond donors (Lipinski definition) is 1. The average Bonchev–Trinajstić information content (AvgIpc) is 2.74. The molecule has 0 radical (unpaired) electrons. The lowest BCUT2D eigenvalue weighted by molar-refractivity contribution is 0.101. The van der Waals surface area contributed by atoms with E-state index in [1.807, 2.05) is 66.7 Å². The first-order valence-electron chi connectivity index (χ1n) is 8.88. The van der Waals surface area contributed by atoms with Gasteiger partial charge in [0.05, 0.1) is 17.6 Å². The van der Waals surface area contributed by atoms with Crippen LogP contribution in [0.4, 0.5) is 17.1 Å². The van der Waals surface area contributed by atoms with Gasteiger partial charge in [-0.05, 0) is 36.6 Å². The number of benzene rings is 3. The van der Waals surface area contributed by atoms with Crippen molar-refractivity contribution in [1.29, 1.82) is 0 Å². The van der Waals surface area contributed by atoms with Gasteiger partial charge in [0.2, 0.25) is 0 Å². The van der Waals surface area contributed by atoms with Gasteiger partial charge in [-0.25, -0.2) is 0 Å². The van der Waals surface area contributed by atoms with E-state index in [-0.39, 0.29) is 5.78 Å². The number of hydrogen-bond acceptors (Lipinski definition) is 5. The lowest BCUT2D eigenvalue weighted by Crippen LogP contribution is -1.92. The summed E-state index contributed by atoms with van der Waals surface area (Å²) in [7, 11) is 0. The molecular weight excluding hydrogens is 348 g/mol. The van der Waals surface area contributed by atoms with Gasteiger partial charge < -0.3 is 5.73 Å². The Bertz CT molecular complexity index is 1200. The molecule has 0 aliphatic rings. The molecule has 0 saturated carbocycles. The average molecular weight is 366 g/mol. The Kier molecular flexibility index (Phi) is 4.64. The van der Waals surface area contributed by atoms with Crippen molar-refractivity contribution in [1.82, 2.24) is 4.98 Å². The van der Waals surface area contributed by atoms with Gasteiger partial charge >= 0.3 is 0 Å². The minimum absolute atomic E-state index is 0.0280. The minimum Gasteiger partial charge on any atom is -0.396 e. The number of nitrogen functional groups attached to an aromatic ring is 1. The van der Waals surface area contributed by atoms with Crippen molar-refractivity contribution in [3.8, 4) is 11.3 Å². The lowest BCUT2D eigenvalue weighted by atomic mass is 10.1. The SMILES string of the molecule is CC(=O)c1cccc(-c2ccc(N=Nc3ccc4ccccc4c3N)cn2)c1. The highest BCUT2D eigenvalue weighted by molar-refractivity contribution is 5.98. The van der Waals surface area contributed by atoms with E-state index in [9.17, 15) is 4.79 Å². The maximum Gasteiger partial charge on any atom is 0.159 e. The van der Waals surface area contributed by atoms with Crippen LogP contribution in [-0.4, -0.2) is 10.8 Å². The van der Waals surface area contributed by atoms with E-state index < -0.39 is 0 Å². The fourth-order valence-corrected chi connectivity index (χ4v) is 3.00. The highest BCUT2D eigenvalue weighted by atomic mass is 16.1. The number of nitrogens with zero attached hydrogens (tertiary/aromatic N) is 3. The molecule has 5 heteroatoms. The van der Waals surface area contributed by atoms with Crippen molar-refractivity contribution in [3.63, 3.8) is 0 Å². The number of pyridine rings is 1. The predicted molar refractivity (Wildman–Crippen MR) is 112 cm³/mol. The molecule has 5 nitrogen and oxygen atoms in total. The van der Waals surface area contributed by atoms with Gasteiger partial charge in [-0.1, -0.05) is 48.5 Å². The van der Waals surface area contributed by atoms with Crippen molar-refractivity contribution < 1.29 is 4.79 Å². The van der Waals surface area contributed by atoms with Crippen molar-refractivity contribution in [2.45, 2.75) is 6.92 Å². The van der Waals surface area contributed by atoms with Crippen LogP contribution in [-0.2, 0) is 0 Å². The van der Waals surface area contributed by atoms with Crippen LogP contribution in [0, 0.1) is 0 Å². The van der Waals surface area contributed by atoms with Gasteiger partial charge in [-0.2, -0.15) is 0 Å². The molecule has 0 aliphatic carbocycles. The van der Waals surface area contributed by atoms with Crippen molar-refractivity contribution >= 4 is 33.6 Å². The number of anilines is 1. The van der Waals surface area contributed by atoms with Crippen molar-refractivity contribution in [2.24, 2.45) is 10.2 Å². The number of fused-ring (bicyclic) bond motifs is 1. The molecule has 28 heavy (non-hydrogen) atoms. The first kappa shape index (κ1) is 17.5. The summed E-state index contributed by atoms with van der Waals surface area (Å²) in [6.07, 6.45) is 1.65. The zero-order valence-corrected chi connectivity index (χ0v) is 15.3. The molecule has 4 rings (SSSR count). The van der Waals surface area contributed by atoms with E-state index in [2.05, 4.69) is 15.2 Å². The van der Waals surface area contributed by atoms with Crippen molar-refractivity contribution in [3.05, 3.63) is 84.6 Å².